The molecule has 0 aliphatic rings. The molecule has 4 heteroatoms. The molecule has 0 N–H and O–H groups in total. The second kappa shape index (κ2) is 19.1. The van der Waals surface area contributed by atoms with Crippen molar-refractivity contribution in [3.63, 3.8) is 0 Å². The van der Waals surface area contributed by atoms with Crippen molar-refractivity contribution in [2.75, 3.05) is 9.80 Å². The van der Waals surface area contributed by atoms with Crippen LogP contribution in [-0.2, 0) is 21.7 Å². The van der Waals surface area contributed by atoms with Gasteiger partial charge in [-0.3, -0.25) is 0 Å². The van der Waals surface area contributed by atoms with Crippen molar-refractivity contribution in [1.29, 1.82) is 0 Å². The standard InChI is InChI=1S/C82H74N4/c1-79(2,3)61-37-21-25-43-67(61)83(65-41-23-19-33-53(65)51-29-15-13-16-30-51)69-47-45-55-59-49-72-60(50-71(59)85-75-57(73(69)77(55)85)35-27-39-63(75)81(7,8)9)56-46-48-70(74-58-36-28-40-64(82(10,11)12)76(58)86(72)78(56)74)84(68-44-26-22-38-62(68)80(4,5)6)66-42-24-20-34-54(66)52-31-17-14-18-32-52/h13-50H,1-12H3/i13D,14D,15D,16D,17D,18D,29D,30D,31D,32D. The number of fused-ring (bicyclic) bond motifs is 12. The van der Waals surface area contributed by atoms with E-state index in [0.29, 0.717) is 22.5 Å². The molecule has 0 saturated heterocycles. The van der Waals surface area contributed by atoms with Crippen molar-refractivity contribution in [3.8, 4) is 22.3 Å². The second-order valence-corrected chi connectivity index (χ2v) is 27.4. The van der Waals surface area contributed by atoms with Gasteiger partial charge in [-0.2, -0.15) is 0 Å². The van der Waals surface area contributed by atoms with Gasteiger partial charge in [0.25, 0.3) is 0 Å². The van der Waals surface area contributed by atoms with Crippen molar-refractivity contribution >= 4 is 110 Å². The van der Waals surface area contributed by atoms with Gasteiger partial charge in [-0.15, -0.1) is 0 Å². The predicted octanol–water partition coefficient (Wildman–Crippen LogP) is 23.5. The molecule has 0 unspecified atom stereocenters. The fourth-order valence-corrected chi connectivity index (χ4v) is 14.1. The van der Waals surface area contributed by atoms with Crippen LogP contribution in [0.4, 0.5) is 34.1 Å². The highest BCUT2D eigenvalue weighted by Gasteiger charge is 2.34. The Morgan fingerprint density at radius 2 is 0.628 bits per heavy atom. The van der Waals surface area contributed by atoms with E-state index in [0.717, 1.165) is 110 Å². The summed E-state index contributed by atoms with van der Waals surface area (Å²) in [4.78, 5) is 4.53. The average molecular weight is 1130 g/mol. The monoisotopic (exact) mass is 1120 g/mol. The number of benzene rings is 11. The van der Waals surface area contributed by atoms with Crippen LogP contribution in [0.15, 0.2) is 230 Å². The smallest absolute Gasteiger partial charge is 0.0641 e. The Bertz CT molecular complexity index is 5380. The zero-order valence-corrected chi connectivity index (χ0v) is 51.0. The fraction of sp³-hybridized carbons (Fsp3) is 0.195. The van der Waals surface area contributed by atoms with Crippen LogP contribution in [0.5, 0.6) is 0 Å². The van der Waals surface area contributed by atoms with Gasteiger partial charge in [0.1, 0.15) is 0 Å². The minimum Gasteiger partial charge on any atom is -0.309 e. The number of hydrogen-bond donors (Lipinski definition) is 0. The van der Waals surface area contributed by atoms with E-state index in [-0.39, 0.29) is 57.0 Å². The lowest BCUT2D eigenvalue weighted by atomic mass is 9.84. The van der Waals surface area contributed by atoms with Crippen molar-refractivity contribution in [3.05, 3.63) is 253 Å². The first-order valence-electron chi connectivity index (χ1n) is 35.0. The average Bonchev–Trinajstić information content (AvgIpc) is 1.53. The van der Waals surface area contributed by atoms with Gasteiger partial charge in [-0.1, -0.05) is 265 Å². The lowest BCUT2D eigenvalue weighted by molar-refractivity contribution is 0.590. The molecule has 11 aromatic carbocycles. The van der Waals surface area contributed by atoms with Gasteiger partial charge in [-0.05, 0) is 104 Å². The topological polar surface area (TPSA) is 15.3 Å². The maximum Gasteiger partial charge on any atom is 0.0641 e. The molecule has 0 spiro atoms. The van der Waals surface area contributed by atoms with Gasteiger partial charge >= 0.3 is 0 Å². The molecule has 4 nitrogen and oxygen atoms in total. The Morgan fingerprint density at radius 1 is 0.291 bits per heavy atom. The number of nitrogens with zero attached hydrogens (tertiary/aromatic N) is 4. The van der Waals surface area contributed by atoms with Crippen LogP contribution in [0.3, 0.4) is 0 Å². The molecular formula is C82H74N4. The SMILES string of the molecule is [2H]c1c([2H])c([2H])c(-c2ccccc2N(c2ccccc2C(C)(C)C)c2ccc3c4cc5c(cc4n4c6c(C(C)(C)C)cccc6c2c34)c2ccc(N(c3ccccc3-c3c([2H])c([2H])c([2H])c([2H])c3[2H])c3ccccc3C(C)(C)C)c3c4cccc(C(C)(C)C)c4n5c23)c([2H])c1[2H]. The molecule has 15 rings (SSSR count). The van der Waals surface area contributed by atoms with E-state index < -0.39 is 36.3 Å². The van der Waals surface area contributed by atoms with Gasteiger partial charge in [0, 0.05) is 65.6 Å². The summed E-state index contributed by atoms with van der Waals surface area (Å²) >= 11 is 0. The summed E-state index contributed by atoms with van der Waals surface area (Å²) in [5.41, 5.74) is 15.6. The first kappa shape index (κ1) is 43.3. The van der Waals surface area contributed by atoms with Crippen LogP contribution in [0.1, 0.15) is 119 Å². The number of aromatic nitrogens is 2. The molecule has 0 atom stereocenters. The van der Waals surface area contributed by atoms with E-state index in [1.54, 1.807) is 0 Å². The van der Waals surface area contributed by atoms with E-state index in [1.165, 1.54) is 11.1 Å². The Labute approximate surface area is 519 Å². The van der Waals surface area contributed by atoms with Gasteiger partial charge in [0.15, 0.2) is 0 Å². The summed E-state index contributed by atoms with van der Waals surface area (Å²) in [7, 11) is 0. The normalized spacial score (nSPS) is 14.5. The Kier molecular flexibility index (Phi) is 9.59. The minimum absolute atomic E-state index is 0.126. The van der Waals surface area contributed by atoms with Gasteiger partial charge in [0.05, 0.1) is 69.6 Å². The molecule has 0 bridgehead atoms. The maximum absolute atomic E-state index is 9.38. The largest absolute Gasteiger partial charge is 0.309 e. The Morgan fingerprint density at radius 3 is 1.00 bits per heavy atom. The highest BCUT2D eigenvalue weighted by molar-refractivity contribution is 6.33. The zero-order chi connectivity index (χ0) is 68.0. The Balaban J connectivity index is 1.09. The van der Waals surface area contributed by atoms with Crippen LogP contribution in [0.25, 0.3) is 98.4 Å². The molecule has 422 valence electrons. The van der Waals surface area contributed by atoms with Gasteiger partial charge < -0.3 is 18.6 Å². The molecular weight excluding hydrogens is 1040 g/mol. The molecule has 86 heavy (non-hydrogen) atoms. The van der Waals surface area contributed by atoms with Crippen LogP contribution in [-0.4, -0.2) is 8.80 Å². The van der Waals surface area contributed by atoms with Crippen LogP contribution < -0.4 is 9.80 Å². The summed E-state index contributed by atoms with van der Waals surface area (Å²) in [6.07, 6.45) is 0. The summed E-state index contributed by atoms with van der Waals surface area (Å²) in [5, 5.41) is 8.37. The zero-order valence-electron chi connectivity index (χ0n) is 61.0. The molecule has 4 aromatic heterocycles. The van der Waals surface area contributed by atoms with Gasteiger partial charge in [-0.25, -0.2) is 0 Å². The van der Waals surface area contributed by atoms with E-state index in [2.05, 4.69) is 211 Å². The highest BCUT2D eigenvalue weighted by Crippen LogP contribution is 2.55. The van der Waals surface area contributed by atoms with E-state index in [4.69, 9.17) is 8.22 Å². The molecule has 0 aliphatic heterocycles. The fourth-order valence-electron chi connectivity index (χ4n) is 14.1. The second-order valence-electron chi connectivity index (χ2n) is 27.4. The van der Waals surface area contributed by atoms with Crippen molar-refractivity contribution in [2.24, 2.45) is 0 Å². The molecule has 15 aromatic rings. The van der Waals surface area contributed by atoms with Crippen LogP contribution in [0.2, 0.25) is 0 Å². The lowest BCUT2D eigenvalue weighted by Crippen LogP contribution is -2.19. The predicted molar refractivity (Wildman–Crippen MR) is 371 cm³/mol. The van der Waals surface area contributed by atoms with E-state index in [1.807, 2.05) is 60.7 Å². The summed E-state index contributed by atoms with van der Waals surface area (Å²) in [6, 6.07) is 55.8. The summed E-state index contributed by atoms with van der Waals surface area (Å²) in [6.45, 7) is 26.8. The third-order valence-electron chi connectivity index (χ3n) is 17.8. The van der Waals surface area contributed by atoms with Crippen LogP contribution >= 0.6 is 0 Å². The number of para-hydroxylation sites is 6. The van der Waals surface area contributed by atoms with Gasteiger partial charge in [0.2, 0.25) is 0 Å². The number of hydrogen-bond acceptors (Lipinski definition) is 2. The third-order valence-corrected chi connectivity index (χ3v) is 17.8. The maximum atomic E-state index is 9.38. The molecule has 0 fully saturated rings. The van der Waals surface area contributed by atoms with Crippen molar-refractivity contribution in [1.82, 2.24) is 8.80 Å². The van der Waals surface area contributed by atoms with Crippen molar-refractivity contribution < 1.29 is 13.7 Å². The molecule has 4 heterocycles. The minimum atomic E-state index is -0.443. The van der Waals surface area contributed by atoms with E-state index in [9.17, 15) is 5.48 Å². The molecule has 0 aliphatic carbocycles. The number of anilines is 6. The number of rotatable bonds is 8. The third kappa shape index (κ3) is 8.02. The quantitative estimate of drug-likeness (QED) is 0.151. The van der Waals surface area contributed by atoms with Crippen molar-refractivity contribution in [2.45, 2.75) is 105 Å². The molecule has 0 amide bonds. The summed E-state index contributed by atoms with van der Waals surface area (Å²) < 4.78 is 95.3. The molecule has 0 radical (unpaired) electrons. The lowest BCUT2D eigenvalue weighted by Gasteiger charge is -2.33. The van der Waals surface area contributed by atoms with E-state index >= 15 is 0 Å². The highest BCUT2D eigenvalue weighted by atomic mass is 15.2. The first-order chi connectivity index (χ1) is 45.4. The molecule has 0 saturated carbocycles. The Hall–Kier alpha value is -9.38. The first-order valence-corrected chi connectivity index (χ1v) is 30.0. The summed E-state index contributed by atoms with van der Waals surface area (Å²) in [5.74, 6) is 0. The van der Waals surface area contributed by atoms with Crippen LogP contribution in [0, 0.1) is 0 Å².